The molecule has 0 unspecified atom stereocenters. The van der Waals surface area contributed by atoms with Crippen molar-refractivity contribution in [3.8, 4) is 39.7 Å². The molecular weight excluding hydrogens is 424 g/mol. The number of nitrogens with zero attached hydrogens (tertiary/aromatic N) is 5. The lowest BCUT2D eigenvalue weighted by Gasteiger charge is -2.08. The number of hydrogen-bond acceptors (Lipinski definition) is 8. The second kappa shape index (κ2) is 8.41. The minimum Gasteiger partial charge on any atom is -0.504 e. The van der Waals surface area contributed by atoms with Crippen molar-refractivity contribution in [2.24, 2.45) is 0 Å². The highest BCUT2D eigenvalue weighted by molar-refractivity contribution is 7.15. The Morgan fingerprint density at radius 1 is 1.13 bits per heavy atom. The second-order valence-corrected chi connectivity index (χ2v) is 7.39. The summed E-state index contributed by atoms with van der Waals surface area (Å²) in [6.45, 7) is 1.97. The lowest BCUT2D eigenvalue weighted by Crippen LogP contribution is -1.98. The zero-order valence-electron chi connectivity index (χ0n) is 16.0. The number of aromatic hydroxyl groups is 1. The summed E-state index contributed by atoms with van der Waals surface area (Å²) in [5.41, 5.74) is 0.325. The van der Waals surface area contributed by atoms with Crippen LogP contribution in [0.5, 0.6) is 11.8 Å². The maximum absolute atomic E-state index is 14.7. The predicted octanol–water partition coefficient (Wildman–Crippen LogP) is 4.41. The summed E-state index contributed by atoms with van der Waals surface area (Å²) in [7, 11) is 0. The molecule has 3 aromatic heterocycles. The Labute approximate surface area is 179 Å². The number of aryl methyl sites for hydroxylation is 1. The van der Waals surface area contributed by atoms with Gasteiger partial charge in [-0.1, -0.05) is 6.07 Å². The van der Waals surface area contributed by atoms with Crippen LogP contribution in [-0.2, 0) is 6.61 Å². The largest absolute Gasteiger partial charge is 0.504 e. The molecule has 0 amide bonds. The van der Waals surface area contributed by atoms with Gasteiger partial charge in [0.05, 0.1) is 22.0 Å². The smallest absolute Gasteiger partial charge is 0.316 e. The van der Waals surface area contributed by atoms with Crippen LogP contribution in [-0.4, -0.2) is 25.0 Å². The Kier molecular flexibility index (Phi) is 5.51. The molecule has 7 nitrogen and oxygen atoms in total. The summed E-state index contributed by atoms with van der Waals surface area (Å²) in [6.07, 6.45) is 3.14. The summed E-state index contributed by atoms with van der Waals surface area (Å²) < 4.78 is 34.1. The first-order chi connectivity index (χ1) is 15.0. The number of rotatable bonds is 5. The van der Waals surface area contributed by atoms with Crippen molar-refractivity contribution in [3.05, 3.63) is 70.6 Å². The third kappa shape index (κ3) is 4.04. The Morgan fingerprint density at radius 3 is 2.61 bits per heavy atom. The predicted molar refractivity (Wildman–Crippen MR) is 108 cm³/mol. The first kappa shape index (κ1) is 20.3. The van der Waals surface area contributed by atoms with Gasteiger partial charge in [0.15, 0.2) is 17.4 Å². The molecule has 0 atom stereocenters. The van der Waals surface area contributed by atoms with Crippen LogP contribution in [0.3, 0.4) is 0 Å². The van der Waals surface area contributed by atoms with E-state index in [0.717, 1.165) is 10.9 Å². The molecule has 0 saturated heterocycles. The Bertz CT molecular complexity index is 1310. The summed E-state index contributed by atoms with van der Waals surface area (Å²) in [5, 5.41) is 19.3. The molecule has 154 valence electrons. The third-order valence-electron chi connectivity index (χ3n) is 4.27. The highest BCUT2D eigenvalue weighted by Crippen LogP contribution is 2.34. The maximum Gasteiger partial charge on any atom is 0.316 e. The van der Waals surface area contributed by atoms with Crippen LogP contribution < -0.4 is 4.74 Å². The molecule has 0 bridgehead atoms. The number of aromatic nitrogens is 4. The molecule has 0 aliphatic carbocycles. The van der Waals surface area contributed by atoms with Gasteiger partial charge in [-0.25, -0.2) is 28.7 Å². The molecule has 4 rings (SSSR count). The van der Waals surface area contributed by atoms with Gasteiger partial charge in [0.2, 0.25) is 0 Å². The van der Waals surface area contributed by atoms with Gasteiger partial charge in [-0.15, -0.1) is 11.3 Å². The molecule has 3 heterocycles. The second-order valence-electron chi connectivity index (χ2n) is 6.31. The molecule has 31 heavy (non-hydrogen) atoms. The lowest BCUT2D eigenvalue weighted by atomic mass is 10.0. The van der Waals surface area contributed by atoms with Gasteiger partial charge < -0.3 is 9.84 Å². The number of halogens is 2. The fourth-order valence-electron chi connectivity index (χ4n) is 2.85. The molecule has 0 aliphatic heterocycles. The Balaban J connectivity index is 1.66. The zero-order valence-corrected chi connectivity index (χ0v) is 16.8. The number of ether oxygens (including phenoxy) is 1. The molecule has 0 fully saturated rings. The quantitative estimate of drug-likeness (QED) is 0.493. The van der Waals surface area contributed by atoms with Gasteiger partial charge in [0.1, 0.15) is 23.2 Å². The number of hydrogen-bond donors (Lipinski definition) is 1. The molecule has 1 N–H and O–H groups in total. The van der Waals surface area contributed by atoms with Crippen molar-refractivity contribution in [2.75, 3.05) is 0 Å². The van der Waals surface area contributed by atoms with Crippen LogP contribution in [0.15, 0.2) is 42.7 Å². The summed E-state index contributed by atoms with van der Waals surface area (Å²) in [5.74, 6) is -3.16. The van der Waals surface area contributed by atoms with E-state index < -0.39 is 22.9 Å². The minimum atomic E-state index is -1.10. The lowest BCUT2D eigenvalue weighted by molar-refractivity contribution is 0.280. The van der Waals surface area contributed by atoms with Crippen LogP contribution in [0.25, 0.3) is 21.8 Å². The van der Waals surface area contributed by atoms with E-state index in [0.29, 0.717) is 16.4 Å². The van der Waals surface area contributed by atoms with Crippen molar-refractivity contribution in [3.63, 3.8) is 0 Å². The van der Waals surface area contributed by atoms with E-state index in [2.05, 4.69) is 19.9 Å². The first-order valence-electron chi connectivity index (χ1n) is 8.93. The topological polar surface area (TPSA) is 105 Å². The fraction of sp³-hybridized carbons (Fsp3) is 0.0952. The Hall–Kier alpha value is -3.97. The Morgan fingerprint density at radius 2 is 1.87 bits per heavy atom. The van der Waals surface area contributed by atoms with Crippen LogP contribution >= 0.6 is 11.3 Å². The number of phenols is 1. The number of phenolic OH excluding ortho intramolecular Hbond substituents is 1. The van der Waals surface area contributed by atoms with E-state index >= 15 is 0 Å². The SMILES string of the molecule is Cc1nc(COc2ncccn2)sc1-c1cccc(-c2cc(F)c(O)c(C#N)c2F)n1. The van der Waals surface area contributed by atoms with Crippen molar-refractivity contribution in [2.45, 2.75) is 13.5 Å². The van der Waals surface area contributed by atoms with Crippen molar-refractivity contribution in [1.82, 2.24) is 19.9 Å². The number of nitriles is 1. The van der Waals surface area contributed by atoms with Gasteiger partial charge in [-0.3, -0.25) is 0 Å². The van der Waals surface area contributed by atoms with Crippen molar-refractivity contribution in [1.29, 1.82) is 5.26 Å². The fourth-order valence-corrected chi connectivity index (χ4v) is 3.80. The standard InChI is InChI=1S/C21H13F2N5O2S/c1-11-20(31-17(27-11)10-30-21-25-6-3-7-26-21)16-5-2-4-15(28-16)12-8-14(22)19(29)13(9-24)18(12)23/h2-8,29H,10H2,1H3. The summed E-state index contributed by atoms with van der Waals surface area (Å²) >= 11 is 1.34. The molecule has 1 aromatic carbocycles. The van der Waals surface area contributed by atoms with Crippen LogP contribution in [0.2, 0.25) is 0 Å². The van der Waals surface area contributed by atoms with E-state index in [9.17, 15) is 13.9 Å². The average Bonchev–Trinajstić information content (AvgIpc) is 3.16. The van der Waals surface area contributed by atoms with E-state index in [1.165, 1.54) is 23.5 Å². The van der Waals surface area contributed by atoms with E-state index in [-0.39, 0.29) is 23.9 Å². The van der Waals surface area contributed by atoms with Crippen molar-refractivity contribution >= 4 is 11.3 Å². The van der Waals surface area contributed by atoms with E-state index in [4.69, 9.17) is 10.00 Å². The molecule has 4 aromatic rings. The van der Waals surface area contributed by atoms with Gasteiger partial charge in [0, 0.05) is 18.0 Å². The number of thiazole rings is 1. The van der Waals surface area contributed by atoms with Gasteiger partial charge in [0.25, 0.3) is 0 Å². The summed E-state index contributed by atoms with van der Waals surface area (Å²) in [4.78, 5) is 17.6. The molecule has 0 spiro atoms. The maximum atomic E-state index is 14.7. The third-order valence-corrected chi connectivity index (χ3v) is 5.42. The van der Waals surface area contributed by atoms with Gasteiger partial charge in [-0.05, 0) is 31.2 Å². The van der Waals surface area contributed by atoms with Crippen LogP contribution in [0, 0.1) is 29.9 Å². The molecule has 10 heteroatoms. The number of benzene rings is 1. The molecule has 0 aliphatic rings. The number of pyridine rings is 1. The van der Waals surface area contributed by atoms with Crippen molar-refractivity contribution < 1.29 is 18.6 Å². The minimum absolute atomic E-state index is 0.119. The van der Waals surface area contributed by atoms with Crippen LogP contribution in [0.4, 0.5) is 8.78 Å². The highest BCUT2D eigenvalue weighted by Gasteiger charge is 2.20. The monoisotopic (exact) mass is 437 g/mol. The normalized spacial score (nSPS) is 10.6. The average molecular weight is 437 g/mol. The molecule has 0 saturated carbocycles. The van der Waals surface area contributed by atoms with E-state index in [1.807, 2.05) is 0 Å². The summed E-state index contributed by atoms with van der Waals surface area (Å²) in [6, 6.07) is 9.05. The first-order valence-corrected chi connectivity index (χ1v) is 9.74. The van der Waals surface area contributed by atoms with Gasteiger partial charge >= 0.3 is 6.01 Å². The molecule has 0 radical (unpaired) electrons. The molecular formula is C21H13F2N5O2S. The zero-order chi connectivity index (χ0) is 22.0. The van der Waals surface area contributed by atoms with Crippen LogP contribution in [0.1, 0.15) is 16.3 Å². The highest BCUT2D eigenvalue weighted by atomic mass is 32.1. The van der Waals surface area contributed by atoms with Gasteiger partial charge in [-0.2, -0.15) is 5.26 Å². The van der Waals surface area contributed by atoms with E-state index in [1.54, 1.807) is 37.5 Å².